The molecule has 0 fully saturated rings. The molecule has 0 spiro atoms. The minimum absolute atomic E-state index is 0.699. The molecule has 0 amide bonds. The van der Waals surface area contributed by atoms with Crippen LogP contribution in [0, 0.1) is 0 Å². The first-order valence-corrected chi connectivity index (χ1v) is 10.7. The van der Waals surface area contributed by atoms with E-state index in [0.29, 0.717) is 6.61 Å². The van der Waals surface area contributed by atoms with Crippen LogP contribution >= 0.6 is 34.5 Å². The van der Waals surface area contributed by atoms with Crippen molar-refractivity contribution in [1.82, 2.24) is 0 Å². The van der Waals surface area contributed by atoms with E-state index >= 15 is 0 Å². The van der Waals surface area contributed by atoms with Crippen LogP contribution in [0.1, 0.15) is 24.6 Å². The molecular weight excluding hydrogens is 350 g/mol. The van der Waals surface area contributed by atoms with Gasteiger partial charge >= 0.3 is 128 Å². The third-order valence-corrected chi connectivity index (χ3v) is 8.57. The number of thiophene rings is 1. The Balaban J connectivity index is 2.67. The third kappa shape index (κ3) is 5.50. The molecule has 0 atom stereocenters. The van der Waals surface area contributed by atoms with Gasteiger partial charge in [-0.2, -0.15) is 0 Å². The fourth-order valence-electron chi connectivity index (χ4n) is 1.41. The van der Waals surface area contributed by atoms with Crippen LogP contribution in [-0.4, -0.2) is 21.3 Å². The van der Waals surface area contributed by atoms with Crippen LogP contribution in [0.2, 0.25) is 0 Å². The van der Waals surface area contributed by atoms with E-state index in [1.54, 1.807) is 22.4 Å². The first kappa shape index (κ1) is 16.3. The fourth-order valence-corrected chi connectivity index (χ4v) is 7.13. The van der Waals surface area contributed by atoms with E-state index in [2.05, 4.69) is 28.1 Å². The molecule has 0 aliphatic carbocycles. The molecule has 18 heavy (non-hydrogen) atoms. The minimum atomic E-state index is -1.41. The second-order valence-corrected chi connectivity index (χ2v) is 9.07. The van der Waals surface area contributed by atoms with Gasteiger partial charge < -0.3 is 0 Å². The van der Waals surface area contributed by atoms with Gasteiger partial charge in [-0.25, -0.2) is 0 Å². The summed E-state index contributed by atoms with van der Waals surface area (Å²) in [6, 6.07) is 2.16. The van der Waals surface area contributed by atoms with Crippen molar-refractivity contribution in [2.24, 2.45) is 0 Å². The quantitative estimate of drug-likeness (QED) is 0.490. The Labute approximate surface area is 128 Å². The standard InChI is InChI=1S/C13H17AsCl2OS/c1-2-3-9-17-11-13-12(4-10-18-13)14(5-7-15)6-8-16/h4-8,10H,2-3,9,11H2,1H3. The summed E-state index contributed by atoms with van der Waals surface area (Å²) in [7, 11) is 0. The summed E-state index contributed by atoms with van der Waals surface area (Å²) in [6.07, 6.45) is 2.28. The van der Waals surface area contributed by atoms with Crippen LogP contribution in [0.4, 0.5) is 0 Å². The van der Waals surface area contributed by atoms with Gasteiger partial charge in [-0.3, -0.25) is 0 Å². The molecule has 1 nitrogen and oxygen atoms in total. The Morgan fingerprint density at radius 3 is 2.67 bits per heavy atom. The Kier molecular flexibility index (Phi) is 9.18. The number of hydrogen-bond acceptors (Lipinski definition) is 2. The number of halogens is 2. The van der Waals surface area contributed by atoms with Gasteiger partial charge in [0, 0.05) is 0 Å². The van der Waals surface area contributed by atoms with Crippen LogP contribution in [0.5, 0.6) is 0 Å². The Morgan fingerprint density at radius 2 is 2.06 bits per heavy atom. The van der Waals surface area contributed by atoms with Crippen molar-refractivity contribution >= 4 is 53.5 Å². The first-order chi connectivity index (χ1) is 8.83. The summed E-state index contributed by atoms with van der Waals surface area (Å²) >= 11 is 11.7. The molecule has 1 heterocycles. The molecule has 0 radical (unpaired) electrons. The third-order valence-electron chi connectivity index (χ3n) is 2.31. The zero-order chi connectivity index (χ0) is 13.2. The molecule has 0 bridgehead atoms. The normalized spacial score (nSPS) is 13.7. The summed E-state index contributed by atoms with van der Waals surface area (Å²) in [6.45, 7) is 3.70. The molecule has 0 unspecified atom stereocenters. The second-order valence-electron chi connectivity index (χ2n) is 3.59. The van der Waals surface area contributed by atoms with Gasteiger partial charge in [0.15, 0.2) is 0 Å². The number of unbranched alkanes of at least 4 members (excludes halogenated alkanes) is 1. The van der Waals surface area contributed by atoms with Crippen molar-refractivity contribution < 1.29 is 4.74 Å². The van der Waals surface area contributed by atoms with Gasteiger partial charge in [0.25, 0.3) is 0 Å². The van der Waals surface area contributed by atoms with Crippen LogP contribution in [0.3, 0.4) is 0 Å². The maximum absolute atomic E-state index is 5.70. The molecule has 1 rings (SSSR count). The van der Waals surface area contributed by atoms with Gasteiger partial charge in [-0.05, 0) is 0 Å². The van der Waals surface area contributed by atoms with Crippen molar-refractivity contribution in [1.29, 1.82) is 0 Å². The van der Waals surface area contributed by atoms with Crippen LogP contribution in [0.15, 0.2) is 32.2 Å². The summed E-state index contributed by atoms with van der Waals surface area (Å²) in [5, 5.41) is 2.11. The Bertz CT molecular complexity index is 378. The molecule has 100 valence electrons. The summed E-state index contributed by atoms with van der Waals surface area (Å²) in [5.41, 5.74) is 3.19. The van der Waals surface area contributed by atoms with Crippen molar-refractivity contribution in [3.05, 3.63) is 37.1 Å². The molecule has 0 aliphatic heterocycles. The van der Waals surface area contributed by atoms with E-state index < -0.39 is 14.7 Å². The first-order valence-electron chi connectivity index (χ1n) is 5.79. The summed E-state index contributed by atoms with van der Waals surface area (Å²) < 4.78 is 7.04. The zero-order valence-electron chi connectivity index (χ0n) is 10.3. The molecule has 1 aromatic heterocycles. The molecule has 0 aliphatic rings. The average molecular weight is 367 g/mol. The summed E-state index contributed by atoms with van der Waals surface area (Å²) in [5.74, 6) is 0. The van der Waals surface area contributed by atoms with Gasteiger partial charge in [-0.15, -0.1) is 0 Å². The van der Waals surface area contributed by atoms with E-state index in [4.69, 9.17) is 27.9 Å². The topological polar surface area (TPSA) is 9.23 Å². The van der Waals surface area contributed by atoms with Gasteiger partial charge in [0.2, 0.25) is 0 Å². The monoisotopic (exact) mass is 366 g/mol. The van der Waals surface area contributed by atoms with Crippen LogP contribution < -0.4 is 4.35 Å². The van der Waals surface area contributed by atoms with E-state index in [1.165, 1.54) is 15.6 Å². The molecular formula is C13H17AsCl2OS. The molecule has 1 aromatic rings. The second kappa shape index (κ2) is 10.1. The molecule has 5 heteroatoms. The van der Waals surface area contributed by atoms with Crippen molar-refractivity contribution in [2.75, 3.05) is 6.61 Å². The van der Waals surface area contributed by atoms with E-state index in [0.717, 1.165) is 13.0 Å². The number of ether oxygens (including phenoxy) is 1. The van der Waals surface area contributed by atoms with Crippen LogP contribution in [0.25, 0.3) is 0 Å². The van der Waals surface area contributed by atoms with Crippen molar-refractivity contribution in [3.8, 4) is 0 Å². The van der Waals surface area contributed by atoms with Crippen LogP contribution in [-0.2, 0) is 11.3 Å². The predicted octanol–water partition coefficient (Wildman–Crippen LogP) is 4.35. The number of rotatable bonds is 8. The number of hydrogen-bond donors (Lipinski definition) is 0. The zero-order valence-corrected chi connectivity index (χ0v) is 14.5. The van der Waals surface area contributed by atoms with E-state index in [1.807, 2.05) is 0 Å². The van der Waals surface area contributed by atoms with Crippen molar-refractivity contribution in [3.63, 3.8) is 0 Å². The van der Waals surface area contributed by atoms with E-state index in [9.17, 15) is 0 Å². The van der Waals surface area contributed by atoms with Gasteiger partial charge in [0.1, 0.15) is 0 Å². The van der Waals surface area contributed by atoms with Gasteiger partial charge in [0.05, 0.1) is 0 Å². The van der Waals surface area contributed by atoms with E-state index in [-0.39, 0.29) is 0 Å². The van der Waals surface area contributed by atoms with Crippen molar-refractivity contribution in [2.45, 2.75) is 26.4 Å². The molecule has 0 N–H and O–H groups in total. The van der Waals surface area contributed by atoms with Gasteiger partial charge in [-0.1, -0.05) is 0 Å². The molecule has 0 saturated heterocycles. The average Bonchev–Trinajstić information content (AvgIpc) is 2.83. The summed E-state index contributed by atoms with van der Waals surface area (Å²) in [4.78, 5) is 5.42. The molecule has 0 aromatic carbocycles. The predicted molar refractivity (Wildman–Crippen MR) is 84.3 cm³/mol. The SMILES string of the molecule is CCCCOCc1sccc1[As](C=CCl)C=CCl. The molecule has 0 saturated carbocycles. The maximum atomic E-state index is 5.70. The Hall–Kier alpha value is 0.278. The Morgan fingerprint density at radius 1 is 1.33 bits per heavy atom. The fraction of sp³-hybridized carbons (Fsp3) is 0.385.